The van der Waals surface area contributed by atoms with Crippen molar-refractivity contribution in [3.05, 3.63) is 48.3 Å². The van der Waals surface area contributed by atoms with Crippen LogP contribution in [0, 0.1) is 5.92 Å². The lowest BCUT2D eigenvalue weighted by atomic mass is 9.92. The third-order valence-corrected chi connectivity index (χ3v) is 4.57. The first-order valence-corrected chi connectivity index (χ1v) is 8.18. The number of hydrogen-bond donors (Lipinski definition) is 1. The number of benzene rings is 1. The maximum absolute atomic E-state index is 12.4. The van der Waals surface area contributed by atoms with Crippen molar-refractivity contribution in [3.63, 3.8) is 0 Å². The molecular formula is C18H21N3O3. The number of Topliss-reactive ketones (excluding diaryl/α,β-unsaturated/α-hetero) is 1. The van der Waals surface area contributed by atoms with E-state index < -0.39 is 11.7 Å². The van der Waals surface area contributed by atoms with Gasteiger partial charge in [-0.15, -0.1) is 0 Å². The van der Waals surface area contributed by atoms with E-state index in [4.69, 9.17) is 0 Å². The highest BCUT2D eigenvalue weighted by Crippen LogP contribution is 2.21. The van der Waals surface area contributed by atoms with Crippen LogP contribution in [-0.2, 0) is 4.79 Å². The van der Waals surface area contributed by atoms with Crippen molar-refractivity contribution in [1.82, 2.24) is 14.7 Å². The summed E-state index contributed by atoms with van der Waals surface area (Å²) in [4.78, 5) is 26.4. The number of ketones is 1. The molecule has 6 nitrogen and oxygen atoms in total. The predicted molar refractivity (Wildman–Crippen MR) is 88.9 cm³/mol. The predicted octanol–water partition coefficient (Wildman–Crippen LogP) is 1.67. The maximum Gasteiger partial charge on any atom is 0.295 e. The molecule has 1 unspecified atom stereocenters. The Hall–Kier alpha value is -2.47. The highest BCUT2D eigenvalue weighted by Gasteiger charge is 2.29. The van der Waals surface area contributed by atoms with E-state index >= 15 is 0 Å². The van der Waals surface area contributed by atoms with Crippen molar-refractivity contribution in [3.8, 4) is 5.69 Å². The first-order chi connectivity index (χ1) is 11.6. The Balaban J connectivity index is 1.67. The summed E-state index contributed by atoms with van der Waals surface area (Å²) in [6, 6.07) is 9.43. The second-order valence-corrected chi connectivity index (χ2v) is 6.21. The normalized spacial score (nSPS) is 16.8. The average Bonchev–Trinajstić information content (AvgIpc) is 3.11. The van der Waals surface area contributed by atoms with Crippen LogP contribution in [0.1, 0.15) is 30.1 Å². The van der Waals surface area contributed by atoms with Crippen LogP contribution in [0.15, 0.2) is 42.7 Å². The summed E-state index contributed by atoms with van der Waals surface area (Å²) in [6.07, 6.45) is 4.08. The van der Waals surface area contributed by atoms with Crippen LogP contribution in [0.3, 0.4) is 0 Å². The summed E-state index contributed by atoms with van der Waals surface area (Å²) in [5.41, 5.74) is 1.13. The molecule has 6 heteroatoms. The van der Waals surface area contributed by atoms with E-state index in [9.17, 15) is 14.7 Å². The van der Waals surface area contributed by atoms with Gasteiger partial charge in [-0.25, -0.2) is 4.68 Å². The number of nitrogens with zero attached hydrogens (tertiary/aromatic N) is 3. The first kappa shape index (κ1) is 16.4. The van der Waals surface area contributed by atoms with E-state index in [1.165, 1.54) is 6.20 Å². The zero-order valence-electron chi connectivity index (χ0n) is 13.6. The summed E-state index contributed by atoms with van der Waals surface area (Å²) in [5.74, 6) is -0.829. The van der Waals surface area contributed by atoms with Crippen molar-refractivity contribution < 1.29 is 14.7 Å². The third-order valence-electron chi connectivity index (χ3n) is 4.57. The summed E-state index contributed by atoms with van der Waals surface area (Å²) in [6.45, 7) is 2.78. The maximum atomic E-state index is 12.4. The van der Waals surface area contributed by atoms with Gasteiger partial charge in [0.25, 0.3) is 11.7 Å². The minimum Gasteiger partial charge on any atom is -0.393 e. The molecule has 0 radical (unpaired) electrons. The largest absolute Gasteiger partial charge is 0.393 e. The molecule has 1 saturated heterocycles. The number of piperidine rings is 1. The smallest absolute Gasteiger partial charge is 0.295 e. The van der Waals surface area contributed by atoms with Gasteiger partial charge in [-0.1, -0.05) is 18.2 Å². The van der Waals surface area contributed by atoms with E-state index in [-0.39, 0.29) is 12.0 Å². The molecule has 1 aliphatic heterocycles. The molecule has 0 aliphatic carbocycles. The molecule has 126 valence electrons. The molecule has 3 rings (SSSR count). The molecule has 2 aromatic rings. The van der Waals surface area contributed by atoms with Crippen molar-refractivity contribution >= 4 is 11.7 Å². The molecule has 0 saturated carbocycles. The van der Waals surface area contributed by atoms with Gasteiger partial charge >= 0.3 is 0 Å². The van der Waals surface area contributed by atoms with E-state index in [0.717, 1.165) is 18.5 Å². The lowest BCUT2D eigenvalue weighted by Crippen LogP contribution is -2.43. The summed E-state index contributed by atoms with van der Waals surface area (Å²) >= 11 is 0. The van der Waals surface area contributed by atoms with Crippen molar-refractivity contribution in [2.24, 2.45) is 5.92 Å². The second-order valence-electron chi connectivity index (χ2n) is 6.21. The van der Waals surface area contributed by atoms with Gasteiger partial charge in [-0.05, 0) is 37.8 Å². The minimum absolute atomic E-state index is 0.199. The highest BCUT2D eigenvalue weighted by atomic mass is 16.3. The zero-order valence-corrected chi connectivity index (χ0v) is 13.6. The van der Waals surface area contributed by atoms with Crippen molar-refractivity contribution in [2.75, 3.05) is 13.1 Å². The summed E-state index contributed by atoms with van der Waals surface area (Å²) in [5, 5.41) is 13.8. The quantitative estimate of drug-likeness (QED) is 0.685. The monoisotopic (exact) mass is 327 g/mol. The van der Waals surface area contributed by atoms with Gasteiger partial charge in [0.15, 0.2) is 0 Å². The van der Waals surface area contributed by atoms with Gasteiger partial charge in [0.05, 0.1) is 23.6 Å². The molecule has 1 aromatic heterocycles. The molecule has 1 aromatic carbocycles. The Kier molecular flexibility index (Phi) is 4.76. The Bertz CT molecular complexity index is 716. The molecule has 2 heterocycles. The van der Waals surface area contributed by atoms with E-state index in [1.54, 1.807) is 22.7 Å². The Morgan fingerprint density at radius 2 is 1.88 bits per heavy atom. The fraction of sp³-hybridized carbons (Fsp3) is 0.389. The highest BCUT2D eigenvalue weighted by molar-refractivity contribution is 6.42. The molecule has 0 spiro atoms. The molecule has 1 amide bonds. The number of aliphatic hydroxyl groups is 1. The molecule has 1 atom stereocenters. The SMILES string of the molecule is CC(O)C1CCN(C(=O)C(=O)c2cnn(-c3ccccc3)c2)CC1. The van der Waals surface area contributed by atoms with Crippen LogP contribution in [0.2, 0.25) is 0 Å². The topological polar surface area (TPSA) is 75.4 Å². The zero-order chi connectivity index (χ0) is 17.1. The van der Waals surface area contributed by atoms with Crippen LogP contribution in [0.4, 0.5) is 0 Å². The molecule has 24 heavy (non-hydrogen) atoms. The fourth-order valence-corrected chi connectivity index (χ4v) is 3.01. The average molecular weight is 327 g/mol. The van der Waals surface area contributed by atoms with Gasteiger partial charge in [-0.2, -0.15) is 5.10 Å². The number of rotatable bonds is 4. The number of carbonyl (C=O) groups is 2. The van der Waals surface area contributed by atoms with Crippen LogP contribution in [-0.4, -0.2) is 50.7 Å². The van der Waals surface area contributed by atoms with Gasteiger partial charge in [0, 0.05) is 19.3 Å². The lowest BCUT2D eigenvalue weighted by molar-refractivity contribution is -0.128. The van der Waals surface area contributed by atoms with E-state index in [1.807, 2.05) is 30.3 Å². The van der Waals surface area contributed by atoms with Crippen LogP contribution in [0.5, 0.6) is 0 Å². The third kappa shape index (κ3) is 3.38. The van der Waals surface area contributed by atoms with Crippen molar-refractivity contribution in [1.29, 1.82) is 0 Å². The Labute approximate surface area is 140 Å². The standard InChI is InChI=1S/C18H21N3O3/c1-13(22)14-7-9-20(10-8-14)18(24)17(23)15-11-19-21(12-15)16-5-3-2-4-6-16/h2-6,11-14,22H,7-10H2,1H3. The Morgan fingerprint density at radius 1 is 1.21 bits per heavy atom. The first-order valence-electron chi connectivity index (χ1n) is 8.18. The molecule has 0 bridgehead atoms. The van der Waals surface area contributed by atoms with Crippen molar-refractivity contribution in [2.45, 2.75) is 25.9 Å². The number of aliphatic hydroxyl groups excluding tert-OH is 1. The van der Waals surface area contributed by atoms with E-state index in [0.29, 0.717) is 18.7 Å². The number of aromatic nitrogens is 2. The molecule has 1 N–H and O–H groups in total. The number of likely N-dealkylation sites (tertiary alicyclic amines) is 1. The number of amides is 1. The van der Waals surface area contributed by atoms with Gasteiger partial charge in [0.1, 0.15) is 0 Å². The number of carbonyl (C=O) groups excluding carboxylic acids is 2. The number of para-hydroxylation sites is 1. The van der Waals surface area contributed by atoms with Gasteiger partial charge < -0.3 is 10.0 Å². The second kappa shape index (κ2) is 6.97. The lowest BCUT2D eigenvalue weighted by Gasteiger charge is -2.32. The Morgan fingerprint density at radius 3 is 2.50 bits per heavy atom. The molecular weight excluding hydrogens is 306 g/mol. The minimum atomic E-state index is -0.535. The van der Waals surface area contributed by atoms with Crippen LogP contribution < -0.4 is 0 Å². The van der Waals surface area contributed by atoms with Gasteiger partial charge in [0.2, 0.25) is 0 Å². The summed E-state index contributed by atoms with van der Waals surface area (Å²) < 4.78 is 1.58. The molecule has 1 fully saturated rings. The number of hydrogen-bond acceptors (Lipinski definition) is 4. The fourth-order valence-electron chi connectivity index (χ4n) is 3.01. The van der Waals surface area contributed by atoms with Gasteiger partial charge in [-0.3, -0.25) is 9.59 Å². The summed E-state index contributed by atoms with van der Waals surface area (Å²) in [7, 11) is 0. The van der Waals surface area contributed by atoms with E-state index in [2.05, 4.69) is 5.10 Å². The van der Waals surface area contributed by atoms with Crippen LogP contribution in [0.25, 0.3) is 5.69 Å². The van der Waals surface area contributed by atoms with Crippen LogP contribution >= 0.6 is 0 Å². The molecule has 1 aliphatic rings.